The van der Waals surface area contributed by atoms with Gasteiger partial charge >= 0.3 is 0 Å². The van der Waals surface area contributed by atoms with Gasteiger partial charge in [-0.05, 0) is 38.1 Å². The van der Waals surface area contributed by atoms with Crippen molar-refractivity contribution >= 4 is 5.91 Å². The molecule has 1 aromatic carbocycles. The minimum Gasteiger partial charge on any atom is -0.443 e. The highest BCUT2D eigenvalue weighted by atomic mass is 19.1. The Morgan fingerprint density at radius 1 is 1.23 bits per heavy atom. The first kappa shape index (κ1) is 14.7. The van der Waals surface area contributed by atoms with Crippen molar-refractivity contribution in [1.29, 1.82) is 0 Å². The second kappa shape index (κ2) is 5.88. The molecule has 0 spiro atoms. The lowest BCUT2D eigenvalue weighted by molar-refractivity contribution is -0.0587. The number of ether oxygens (including phenoxy) is 1. The maximum Gasteiger partial charge on any atom is 0.276 e. The van der Waals surface area contributed by atoms with Gasteiger partial charge in [-0.2, -0.15) is 0 Å². The van der Waals surface area contributed by atoms with Gasteiger partial charge in [-0.15, -0.1) is 0 Å². The lowest BCUT2D eigenvalue weighted by atomic mass is 10.1. The number of rotatable bonds is 2. The molecule has 0 bridgehead atoms. The fraction of sp³-hybridized carbons (Fsp3) is 0.375. The molecule has 1 fully saturated rings. The second-order valence-corrected chi connectivity index (χ2v) is 5.50. The van der Waals surface area contributed by atoms with Crippen molar-refractivity contribution < 1.29 is 18.3 Å². The summed E-state index contributed by atoms with van der Waals surface area (Å²) in [5.41, 5.74) is 0.865. The van der Waals surface area contributed by atoms with Crippen LogP contribution in [-0.4, -0.2) is 41.1 Å². The van der Waals surface area contributed by atoms with Gasteiger partial charge in [-0.3, -0.25) is 4.79 Å². The van der Waals surface area contributed by atoms with Crippen LogP contribution in [0.5, 0.6) is 0 Å². The summed E-state index contributed by atoms with van der Waals surface area (Å²) in [5, 5.41) is 0. The maximum absolute atomic E-state index is 13.0. The van der Waals surface area contributed by atoms with Crippen LogP contribution in [0.15, 0.2) is 35.1 Å². The summed E-state index contributed by atoms with van der Waals surface area (Å²) in [6.07, 6.45) is 1.20. The summed E-state index contributed by atoms with van der Waals surface area (Å²) in [6, 6.07) is 5.78. The van der Waals surface area contributed by atoms with Gasteiger partial charge < -0.3 is 14.1 Å². The van der Waals surface area contributed by atoms with Crippen molar-refractivity contribution in [2.45, 2.75) is 26.1 Å². The quantitative estimate of drug-likeness (QED) is 0.856. The average molecular weight is 304 g/mol. The van der Waals surface area contributed by atoms with E-state index in [0.717, 1.165) is 0 Å². The molecule has 2 atom stereocenters. The van der Waals surface area contributed by atoms with Gasteiger partial charge in [0.2, 0.25) is 0 Å². The Morgan fingerprint density at radius 2 is 1.86 bits per heavy atom. The highest BCUT2D eigenvalue weighted by Crippen LogP contribution is 2.25. The largest absolute Gasteiger partial charge is 0.443 e. The molecule has 0 saturated carbocycles. The third kappa shape index (κ3) is 2.87. The minimum absolute atomic E-state index is 0.0196. The van der Waals surface area contributed by atoms with Crippen LogP contribution in [0.1, 0.15) is 24.3 Å². The summed E-state index contributed by atoms with van der Waals surface area (Å²) in [6.45, 7) is 4.89. The summed E-state index contributed by atoms with van der Waals surface area (Å²) >= 11 is 0. The van der Waals surface area contributed by atoms with Crippen LogP contribution in [0.3, 0.4) is 0 Å². The summed E-state index contributed by atoms with van der Waals surface area (Å²) in [5.74, 6) is -0.182. The second-order valence-electron chi connectivity index (χ2n) is 5.50. The number of hydrogen-bond acceptors (Lipinski definition) is 4. The van der Waals surface area contributed by atoms with Gasteiger partial charge in [-0.25, -0.2) is 9.37 Å². The zero-order valence-electron chi connectivity index (χ0n) is 12.5. The number of aromatic nitrogens is 1. The summed E-state index contributed by atoms with van der Waals surface area (Å²) in [7, 11) is 0. The molecular weight excluding hydrogens is 287 g/mol. The van der Waals surface area contributed by atoms with E-state index in [1.54, 1.807) is 17.0 Å². The molecule has 2 unspecified atom stereocenters. The first-order valence-electron chi connectivity index (χ1n) is 7.18. The third-order valence-corrected chi connectivity index (χ3v) is 3.58. The van der Waals surface area contributed by atoms with Gasteiger partial charge in [-0.1, -0.05) is 0 Å². The van der Waals surface area contributed by atoms with Gasteiger partial charge in [0, 0.05) is 18.7 Å². The minimum atomic E-state index is -0.341. The number of hydrogen-bond donors (Lipinski definition) is 0. The number of nitrogens with zero attached hydrogens (tertiary/aromatic N) is 2. The molecule has 1 aliphatic heterocycles. The van der Waals surface area contributed by atoms with Crippen molar-refractivity contribution in [3.05, 3.63) is 42.2 Å². The maximum atomic E-state index is 13.0. The van der Waals surface area contributed by atoms with Crippen LogP contribution < -0.4 is 0 Å². The topological polar surface area (TPSA) is 55.6 Å². The van der Waals surface area contributed by atoms with E-state index in [4.69, 9.17) is 9.15 Å². The lowest BCUT2D eigenvalue weighted by Crippen LogP contribution is -2.48. The van der Waals surface area contributed by atoms with Crippen LogP contribution in [0, 0.1) is 5.82 Å². The van der Waals surface area contributed by atoms with E-state index in [-0.39, 0.29) is 29.6 Å². The number of morpholine rings is 1. The predicted molar refractivity (Wildman–Crippen MR) is 77.8 cm³/mol. The Hall–Kier alpha value is -2.21. The van der Waals surface area contributed by atoms with E-state index in [1.165, 1.54) is 18.5 Å². The fourth-order valence-electron chi connectivity index (χ4n) is 2.70. The Bertz CT molecular complexity index is 658. The molecular formula is C16H17FN2O3. The Kier molecular flexibility index (Phi) is 3.94. The highest BCUT2D eigenvalue weighted by molar-refractivity contribution is 5.97. The molecule has 2 heterocycles. The van der Waals surface area contributed by atoms with Crippen LogP contribution in [0.2, 0.25) is 0 Å². The first-order chi connectivity index (χ1) is 10.5. The van der Waals surface area contributed by atoms with E-state index in [1.807, 2.05) is 13.8 Å². The summed E-state index contributed by atoms with van der Waals surface area (Å²) in [4.78, 5) is 18.4. The summed E-state index contributed by atoms with van der Waals surface area (Å²) < 4.78 is 24.0. The zero-order chi connectivity index (χ0) is 15.7. The molecule has 22 heavy (non-hydrogen) atoms. The van der Waals surface area contributed by atoms with Crippen LogP contribution in [-0.2, 0) is 4.74 Å². The molecule has 116 valence electrons. The van der Waals surface area contributed by atoms with E-state index in [0.29, 0.717) is 24.4 Å². The molecule has 1 saturated heterocycles. The zero-order valence-corrected chi connectivity index (χ0v) is 12.5. The van der Waals surface area contributed by atoms with Gasteiger partial charge in [0.05, 0.1) is 12.2 Å². The van der Waals surface area contributed by atoms with Gasteiger partial charge in [0.25, 0.3) is 5.91 Å². The van der Waals surface area contributed by atoms with E-state index < -0.39 is 0 Å². The van der Waals surface area contributed by atoms with Gasteiger partial charge in [0.15, 0.2) is 17.8 Å². The van der Waals surface area contributed by atoms with Crippen molar-refractivity contribution in [3.8, 4) is 11.3 Å². The van der Waals surface area contributed by atoms with Crippen LogP contribution >= 0.6 is 0 Å². The number of benzene rings is 1. The smallest absolute Gasteiger partial charge is 0.276 e. The number of oxazole rings is 1. The molecule has 3 rings (SSSR count). The Morgan fingerprint density at radius 3 is 2.50 bits per heavy atom. The number of carbonyl (C=O) groups excluding carboxylic acids is 1. The molecule has 1 aromatic heterocycles. The number of amides is 1. The van der Waals surface area contributed by atoms with Crippen LogP contribution in [0.4, 0.5) is 4.39 Å². The molecule has 1 aliphatic rings. The van der Waals surface area contributed by atoms with Crippen molar-refractivity contribution in [2.24, 2.45) is 0 Å². The van der Waals surface area contributed by atoms with E-state index in [2.05, 4.69) is 4.98 Å². The lowest BCUT2D eigenvalue weighted by Gasteiger charge is -2.35. The Labute approximate surface area is 127 Å². The standard InChI is InChI=1S/C16H17FN2O3/c1-10-7-19(8-11(2)22-10)16(20)14-15(21-9-18-14)12-3-5-13(17)6-4-12/h3-6,9-11H,7-8H2,1-2H3. The molecule has 0 radical (unpaired) electrons. The normalized spacial score (nSPS) is 21.9. The van der Waals surface area contributed by atoms with E-state index >= 15 is 0 Å². The molecule has 5 nitrogen and oxygen atoms in total. The average Bonchev–Trinajstić information content (AvgIpc) is 2.95. The van der Waals surface area contributed by atoms with Gasteiger partial charge in [0.1, 0.15) is 5.82 Å². The van der Waals surface area contributed by atoms with Crippen LogP contribution in [0.25, 0.3) is 11.3 Å². The molecule has 1 amide bonds. The third-order valence-electron chi connectivity index (χ3n) is 3.58. The number of halogens is 1. The number of carbonyl (C=O) groups is 1. The monoisotopic (exact) mass is 304 g/mol. The highest BCUT2D eigenvalue weighted by Gasteiger charge is 2.30. The van der Waals surface area contributed by atoms with E-state index in [9.17, 15) is 9.18 Å². The fourth-order valence-corrected chi connectivity index (χ4v) is 2.70. The van der Waals surface area contributed by atoms with Crippen molar-refractivity contribution in [2.75, 3.05) is 13.1 Å². The molecule has 6 heteroatoms. The SMILES string of the molecule is CC1CN(C(=O)c2ncoc2-c2ccc(F)cc2)CC(C)O1. The predicted octanol–water partition coefficient (Wildman–Crippen LogP) is 2.73. The van der Waals surface area contributed by atoms with Crippen molar-refractivity contribution in [3.63, 3.8) is 0 Å². The molecule has 0 aliphatic carbocycles. The van der Waals surface area contributed by atoms with Crippen molar-refractivity contribution in [1.82, 2.24) is 9.88 Å². The first-order valence-corrected chi connectivity index (χ1v) is 7.18. The molecule has 0 N–H and O–H groups in total. The molecule has 2 aromatic rings. The Balaban J connectivity index is 1.88.